The summed E-state index contributed by atoms with van der Waals surface area (Å²) in [6.07, 6.45) is 10.8. The van der Waals surface area contributed by atoms with Gasteiger partial charge in [-0.3, -0.25) is 0 Å². The van der Waals surface area contributed by atoms with Gasteiger partial charge in [-0.1, -0.05) is 65.0 Å². The highest BCUT2D eigenvalue weighted by Gasteiger charge is 2.02. The molecule has 0 fully saturated rings. The summed E-state index contributed by atoms with van der Waals surface area (Å²) in [4.78, 5) is 0. The molecule has 0 aromatic rings. The van der Waals surface area contributed by atoms with Crippen LogP contribution in [0.15, 0.2) is 12.2 Å². The lowest BCUT2D eigenvalue weighted by Gasteiger charge is -2.11. The first kappa shape index (κ1) is 13.7. The van der Waals surface area contributed by atoms with E-state index in [1.807, 2.05) is 0 Å². The molecule has 0 radical (unpaired) electrons. The normalized spacial score (nSPS) is 12.8. The lowest BCUT2D eigenvalue weighted by atomic mass is 9.95. The van der Waals surface area contributed by atoms with Gasteiger partial charge >= 0.3 is 0 Å². The molecule has 1 atom stereocenters. The summed E-state index contributed by atoms with van der Waals surface area (Å²) in [6.45, 7) is 11.0. The minimum Gasteiger partial charge on any atom is -0.0996 e. The predicted molar refractivity (Wildman–Crippen MR) is 66.6 cm³/mol. The molecule has 0 aliphatic rings. The van der Waals surface area contributed by atoms with Crippen molar-refractivity contribution in [1.82, 2.24) is 0 Å². The fourth-order valence-corrected chi connectivity index (χ4v) is 1.67. The second-order valence-electron chi connectivity index (χ2n) is 4.49. The molecular formula is C14H28. The summed E-state index contributed by atoms with van der Waals surface area (Å²) in [5, 5.41) is 0. The van der Waals surface area contributed by atoms with Crippen molar-refractivity contribution in [2.45, 2.75) is 72.1 Å². The first-order chi connectivity index (χ1) is 6.72. The van der Waals surface area contributed by atoms with E-state index in [0.29, 0.717) is 0 Å². The number of allylic oxidation sites excluding steroid dienone is 1. The van der Waals surface area contributed by atoms with E-state index in [2.05, 4.69) is 27.4 Å². The van der Waals surface area contributed by atoms with Gasteiger partial charge in [-0.25, -0.2) is 0 Å². The molecule has 14 heavy (non-hydrogen) atoms. The molecule has 0 saturated carbocycles. The van der Waals surface area contributed by atoms with E-state index < -0.39 is 0 Å². The first-order valence-corrected chi connectivity index (χ1v) is 6.40. The number of unbranched alkanes of at least 4 members (excludes halogenated alkanes) is 5. The van der Waals surface area contributed by atoms with Crippen molar-refractivity contribution in [2.24, 2.45) is 5.92 Å². The Morgan fingerprint density at radius 3 is 2.14 bits per heavy atom. The van der Waals surface area contributed by atoms with Crippen LogP contribution in [0.25, 0.3) is 0 Å². The third-order valence-corrected chi connectivity index (χ3v) is 3.16. The summed E-state index contributed by atoms with van der Waals surface area (Å²) >= 11 is 0. The van der Waals surface area contributed by atoms with E-state index >= 15 is 0 Å². The Morgan fingerprint density at radius 2 is 1.57 bits per heavy atom. The maximum Gasteiger partial charge on any atom is -0.0237 e. The van der Waals surface area contributed by atoms with Gasteiger partial charge in [0.15, 0.2) is 0 Å². The topological polar surface area (TPSA) is 0 Å². The van der Waals surface area contributed by atoms with Gasteiger partial charge in [-0.15, -0.1) is 0 Å². The molecule has 0 aromatic carbocycles. The molecule has 84 valence electrons. The van der Waals surface area contributed by atoms with Crippen LogP contribution in [0.4, 0.5) is 0 Å². The largest absolute Gasteiger partial charge is 0.0996 e. The van der Waals surface area contributed by atoms with Gasteiger partial charge in [-0.2, -0.15) is 0 Å². The fourth-order valence-electron chi connectivity index (χ4n) is 1.67. The highest BCUT2D eigenvalue weighted by atomic mass is 14.1. The zero-order valence-corrected chi connectivity index (χ0v) is 10.4. The van der Waals surface area contributed by atoms with Crippen molar-refractivity contribution in [3.63, 3.8) is 0 Å². The van der Waals surface area contributed by atoms with E-state index in [1.165, 1.54) is 56.9 Å². The van der Waals surface area contributed by atoms with E-state index in [4.69, 9.17) is 0 Å². The molecule has 0 aliphatic heterocycles. The van der Waals surface area contributed by atoms with Crippen LogP contribution in [0.5, 0.6) is 0 Å². The lowest BCUT2D eigenvalue weighted by molar-refractivity contribution is 0.571. The molecule has 1 unspecified atom stereocenters. The van der Waals surface area contributed by atoms with E-state index in [1.54, 1.807) is 0 Å². The number of rotatable bonds is 9. The summed E-state index contributed by atoms with van der Waals surface area (Å²) in [5.74, 6) is 0.727. The molecule has 0 bridgehead atoms. The van der Waals surface area contributed by atoms with Crippen molar-refractivity contribution < 1.29 is 0 Å². The second kappa shape index (κ2) is 9.30. The Balaban J connectivity index is 3.23. The molecule has 0 heterocycles. The first-order valence-electron chi connectivity index (χ1n) is 6.40. The third-order valence-electron chi connectivity index (χ3n) is 3.16. The van der Waals surface area contributed by atoms with Gasteiger partial charge in [0.1, 0.15) is 0 Å². The Morgan fingerprint density at radius 1 is 1.00 bits per heavy atom. The van der Waals surface area contributed by atoms with Gasteiger partial charge in [-0.05, 0) is 25.2 Å². The van der Waals surface area contributed by atoms with Gasteiger partial charge in [0, 0.05) is 0 Å². The molecule has 0 heteroatoms. The van der Waals surface area contributed by atoms with Crippen LogP contribution in [-0.2, 0) is 0 Å². The van der Waals surface area contributed by atoms with Crippen LogP contribution in [-0.4, -0.2) is 0 Å². The number of hydrogen-bond acceptors (Lipinski definition) is 0. The summed E-state index contributed by atoms with van der Waals surface area (Å²) in [5.41, 5.74) is 1.46. The van der Waals surface area contributed by atoms with Crippen LogP contribution in [0.1, 0.15) is 72.1 Å². The van der Waals surface area contributed by atoms with Gasteiger partial charge in [0.25, 0.3) is 0 Å². The Hall–Kier alpha value is -0.260. The third kappa shape index (κ3) is 7.17. The lowest BCUT2D eigenvalue weighted by Crippen LogP contribution is -1.96. The summed E-state index contributed by atoms with van der Waals surface area (Å²) in [6, 6.07) is 0. The molecule has 0 aromatic heterocycles. The molecule has 0 N–H and O–H groups in total. The molecular weight excluding hydrogens is 168 g/mol. The van der Waals surface area contributed by atoms with Crippen LogP contribution >= 0.6 is 0 Å². The monoisotopic (exact) mass is 196 g/mol. The highest BCUT2D eigenvalue weighted by molar-refractivity contribution is 4.98. The van der Waals surface area contributed by atoms with Crippen molar-refractivity contribution >= 4 is 0 Å². The zero-order valence-electron chi connectivity index (χ0n) is 10.4. The van der Waals surface area contributed by atoms with Crippen molar-refractivity contribution in [3.8, 4) is 0 Å². The van der Waals surface area contributed by atoms with E-state index in [9.17, 15) is 0 Å². The van der Waals surface area contributed by atoms with E-state index in [0.717, 1.165) is 5.92 Å². The molecule has 0 rings (SSSR count). The summed E-state index contributed by atoms with van der Waals surface area (Å²) in [7, 11) is 0. The Kier molecular flexibility index (Phi) is 9.13. The summed E-state index contributed by atoms with van der Waals surface area (Å²) < 4.78 is 0. The van der Waals surface area contributed by atoms with Crippen molar-refractivity contribution in [1.29, 1.82) is 0 Å². The molecule has 0 nitrogen and oxygen atoms in total. The zero-order chi connectivity index (χ0) is 10.8. The van der Waals surface area contributed by atoms with Crippen LogP contribution in [0, 0.1) is 5.92 Å². The quantitative estimate of drug-likeness (QED) is 0.345. The predicted octanol–water partition coefficient (Wildman–Crippen LogP) is 5.34. The van der Waals surface area contributed by atoms with Crippen LogP contribution in [0.2, 0.25) is 0 Å². The minimum atomic E-state index is 0.727. The maximum absolute atomic E-state index is 4.16. The standard InChI is InChI=1S/C14H28/c1-5-7-8-9-10-11-12-14(4)13(3)6-2/h13H,4-12H2,1-3H3. The average Bonchev–Trinajstić information content (AvgIpc) is 2.21. The molecule has 0 aliphatic carbocycles. The highest BCUT2D eigenvalue weighted by Crippen LogP contribution is 2.19. The smallest absolute Gasteiger partial charge is 0.0237 e. The van der Waals surface area contributed by atoms with Gasteiger partial charge in [0.05, 0.1) is 0 Å². The van der Waals surface area contributed by atoms with Crippen molar-refractivity contribution in [2.75, 3.05) is 0 Å². The van der Waals surface area contributed by atoms with Gasteiger partial charge < -0.3 is 0 Å². The number of hydrogen-bond donors (Lipinski definition) is 0. The van der Waals surface area contributed by atoms with Crippen LogP contribution < -0.4 is 0 Å². The van der Waals surface area contributed by atoms with Gasteiger partial charge in [0.2, 0.25) is 0 Å². The Bertz CT molecular complexity index is 135. The Labute approximate surface area is 90.8 Å². The molecule has 0 spiro atoms. The fraction of sp³-hybridized carbons (Fsp3) is 0.857. The van der Waals surface area contributed by atoms with E-state index in [-0.39, 0.29) is 0 Å². The molecule has 0 saturated heterocycles. The average molecular weight is 196 g/mol. The SMILES string of the molecule is C=C(CCCCCCCC)C(C)CC. The second-order valence-corrected chi connectivity index (χ2v) is 4.49. The maximum atomic E-state index is 4.16. The van der Waals surface area contributed by atoms with Crippen molar-refractivity contribution in [3.05, 3.63) is 12.2 Å². The van der Waals surface area contributed by atoms with Crippen LogP contribution in [0.3, 0.4) is 0 Å². The minimum absolute atomic E-state index is 0.727. The molecule has 0 amide bonds.